The second-order valence-corrected chi connectivity index (χ2v) is 5.91. The molecule has 0 radical (unpaired) electrons. The number of nitrogens with zero attached hydrogens (tertiary/aromatic N) is 2. The van der Waals surface area contributed by atoms with E-state index in [0.717, 1.165) is 11.3 Å². The number of aromatic nitrogens is 1. The van der Waals surface area contributed by atoms with E-state index in [4.69, 9.17) is 5.11 Å². The lowest BCUT2D eigenvalue weighted by molar-refractivity contribution is -0.135. The van der Waals surface area contributed by atoms with Crippen molar-refractivity contribution in [1.29, 1.82) is 0 Å². The number of nitrogens with one attached hydrogen (secondary N) is 1. The first-order valence-corrected chi connectivity index (χ1v) is 6.37. The van der Waals surface area contributed by atoms with Crippen LogP contribution in [0.15, 0.2) is 0 Å². The summed E-state index contributed by atoms with van der Waals surface area (Å²) in [7, 11) is 0. The number of aryl methyl sites for hydroxylation is 1. The lowest BCUT2D eigenvalue weighted by Crippen LogP contribution is -2.64. The fourth-order valence-corrected chi connectivity index (χ4v) is 2.83. The van der Waals surface area contributed by atoms with E-state index in [1.165, 1.54) is 4.90 Å². The van der Waals surface area contributed by atoms with Crippen LogP contribution in [0.1, 0.15) is 29.2 Å². The van der Waals surface area contributed by atoms with Crippen molar-refractivity contribution in [3.8, 4) is 0 Å². The van der Waals surface area contributed by atoms with Gasteiger partial charge in [-0.3, -0.25) is 14.9 Å². The topological polar surface area (TPSA) is 99.6 Å². The summed E-state index contributed by atoms with van der Waals surface area (Å²) in [5, 5.41) is 11.6. The number of anilines is 1. The van der Waals surface area contributed by atoms with E-state index in [2.05, 4.69) is 10.3 Å². The van der Waals surface area contributed by atoms with E-state index in [-0.39, 0.29) is 12.2 Å². The van der Waals surface area contributed by atoms with Crippen molar-refractivity contribution in [3.05, 3.63) is 10.6 Å². The molecule has 0 atom stereocenters. The number of rotatable bonds is 2. The fourth-order valence-electron chi connectivity index (χ4n) is 1.79. The Labute approximate surface area is 113 Å². The standard InChI is InChI=1S/C11H13N3O4S/c1-5-7(8(16)17)13-10(19-5)14-4-6(15)12-9(18)11(14,2)3/h4H2,1-3H3,(H,16,17)(H,12,15,18). The fraction of sp³-hybridized carbons (Fsp3) is 0.455. The van der Waals surface area contributed by atoms with E-state index < -0.39 is 23.3 Å². The Morgan fingerprint density at radius 2 is 2.11 bits per heavy atom. The number of imide groups is 1. The Bertz CT molecular complexity index is 578. The van der Waals surface area contributed by atoms with Gasteiger partial charge in [0.15, 0.2) is 10.8 Å². The smallest absolute Gasteiger partial charge is 0.355 e. The van der Waals surface area contributed by atoms with E-state index in [1.54, 1.807) is 20.8 Å². The lowest BCUT2D eigenvalue weighted by Gasteiger charge is -2.39. The van der Waals surface area contributed by atoms with Gasteiger partial charge in [0.1, 0.15) is 12.1 Å². The summed E-state index contributed by atoms with van der Waals surface area (Å²) < 4.78 is 0. The third-order valence-electron chi connectivity index (χ3n) is 3.00. The molecule has 0 spiro atoms. The number of piperazine rings is 1. The van der Waals surface area contributed by atoms with Crippen LogP contribution in [-0.4, -0.2) is 40.0 Å². The maximum Gasteiger partial charge on any atom is 0.355 e. The van der Waals surface area contributed by atoms with Gasteiger partial charge >= 0.3 is 5.97 Å². The predicted molar refractivity (Wildman–Crippen MR) is 68.4 cm³/mol. The molecule has 1 aliphatic heterocycles. The van der Waals surface area contributed by atoms with Crippen LogP contribution in [0, 0.1) is 6.92 Å². The van der Waals surface area contributed by atoms with Crippen LogP contribution in [-0.2, 0) is 9.59 Å². The van der Waals surface area contributed by atoms with Gasteiger partial charge in [-0.2, -0.15) is 0 Å². The van der Waals surface area contributed by atoms with Crippen LogP contribution in [0.2, 0.25) is 0 Å². The molecule has 19 heavy (non-hydrogen) atoms. The zero-order valence-corrected chi connectivity index (χ0v) is 11.5. The average Bonchev–Trinajstić information content (AvgIpc) is 2.66. The van der Waals surface area contributed by atoms with Crippen molar-refractivity contribution < 1.29 is 19.5 Å². The molecule has 1 aromatic rings. The monoisotopic (exact) mass is 283 g/mol. The second-order valence-electron chi connectivity index (χ2n) is 4.73. The minimum absolute atomic E-state index is 0.0231. The molecule has 0 aliphatic carbocycles. The molecular weight excluding hydrogens is 270 g/mol. The van der Waals surface area contributed by atoms with Crippen LogP contribution in [0.4, 0.5) is 5.13 Å². The molecule has 1 aromatic heterocycles. The highest BCUT2D eigenvalue weighted by Gasteiger charge is 2.42. The number of aromatic carboxylic acids is 1. The molecule has 7 nitrogen and oxygen atoms in total. The largest absolute Gasteiger partial charge is 0.476 e. The van der Waals surface area contributed by atoms with Gasteiger partial charge in [-0.1, -0.05) is 0 Å². The number of carbonyl (C=O) groups is 3. The van der Waals surface area contributed by atoms with Gasteiger partial charge in [0.2, 0.25) is 5.91 Å². The number of thiazole rings is 1. The maximum absolute atomic E-state index is 11.8. The third kappa shape index (κ3) is 2.19. The molecule has 2 amide bonds. The van der Waals surface area contributed by atoms with Crippen LogP contribution < -0.4 is 10.2 Å². The first-order chi connectivity index (χ1) is 8.73. The summed E-state index contributed by atoms with van der Waals surface area (Å²) >= 11 is 1.16. The highest BCUT2D eigenvalue weighted by molar-refractivity contribution is 7.15. The third-order valence-corrected chi connectivity index (χ3v) is 4.00. The van der Waals surface area contributed by atoms with Crippen LogP contribution in [0.3, 0.4) is 0 Å². The molecule has 0 saturated carbocycles. The number of hydrogen-bond acceptors (Lipinski definition) is 6. The van der Waals surface area contributed by atoms with Gasteiger partial charge in [0.05, 0.1) is 0 Å². The number of carboxylic acids is 1. The summed E-state index contributed by atoms with van der Waals surface area (Å²) in [6, 6.07) is 0. The molecular formula is C11H13N3O4S. The van der Waals surface area contributed by atoms with Crippen molar-refractivity contribution in [2.45, 2.75) is 26.3 Å². The van der Waals surface area contributed by atoms with Crippen molar-refractivity contribution in [3.63, 3.8) is 0 Å². The molecule has 1 fully saturated rings. The highest BCUT2D eigenvalue weighted by Crippen LogP contribution is 2.32. The Hall–Kier alpha value is -1.96. The van der Waals surface area contributed by atoms with E-state index >= 15 is 0 Å². The van der Waals surface area contributed by atoms with E-state index in [1.807, 2.05) is 0 Å². The van der Waals surface area contributed by atoms with E-state index in [0.29, 0.717) is 10.0 Å². The highest BCUT2D eigenvalue weighted by atomic mass is 32.1. The Morgan fingerprint density at radius 3 is 2.63 bits per heavy atom. The average molecular weight is 283 g/mol. The SMILES string of the molecule is Cc1sc(N2CC(=O)NC(=O)C2(C)C)nc1C(=O)O. The van der Waals surface area contributed by atoms with Gasteiger partial charge in [-0.05, 0) is 20.8 Å². The molecule has 102 valence electrons. The van der Waals surface area contributed by atoms with Gasteiger partial charge in [-0.25, -0.2) is 9.78 Å². The Kier molecular flexibility index (Phi) is 3.05. The summed E-state index contributed by atoms with van der Waals surface area (Å²) in [5.41, 5.74) is -0.997. The van der Waals surface area contributed by atoms with Crippen molar-refractivity contribution in [2.24, 2.45) is 0 Å². The van der Waals surface area contributed by atoms with Crippen molar-refractivity contribution >= 4 is 34.3 Å². The van der Waals surface area contributed by atoms with Crippen LogP contribution in [0.25, 0.3) is 0 Å². The number of carbonyl (C=O) groups excluding carboxylic acids is 2. The number of amides is 2. The van der Waals surface area contributed by atoms with Gasteiger partial charge in [0.25, 0.3) is 5.91 Å². The number of hydrogen-bond donors (Lipinski definition) is 2. The minimum Gasteiger partial charge on any atom is -0.476 e. The molecule has 8 heteroatoms. The van der Waals surface area contributed by atoms with E-state index in [9.17, 15) is 14.4 Å². The zero-order chi connectivity index (χ0) is 14.4. The molecule has 1 saturated heterocycles. The van der Waals surface area contributed by atoms with Crippen LogP contribution >= 0.6 is 11.3 Å². The van der Waals surface area contributed by atoms with Crippen molar-refractivity contribution in [1.82, 2.24) is 10.3 Å². The molecule has 0 aromatic carbocycles. The summed E-state index contributed by atoms with van der Waals surface area (Å²) in [6.45, 7) is 4.94. The quantitative estimate of drug-likeness (QED) is 0.762. The summed E-state index contributed by atoms with van der Waals surface area (Å²) in [6.07, 6.45) is 0. The summed E-state index contributed by atoms with van der Waals surface area (Å²) in [5.74, 6) is -1.96. The predicted octanol–water partition coefficient (Wildman–Crippen LogP) is 0.391. The molecule has 0 unspecified atom stereocenters. The van der Waals surface area contributed by atoms with Crippen molar-refractivity contribution in [2.75, 3.05) is 11.4 Å². The molecule has 1 aliphatic rings. The maximum atomic E-state index is 11.8. The Balaban J connectivity index is 2.44. The van der Waals surface area contributed by atoms with Gasteiger partial charge < -0.3 is 10.0 Å². The number of carboxylic acid groups (broad SMARTS) is 1. The van der Waals surface area contributed by atoms with Gasteiger partial charge in [-0.15, -0.1) is 11.3 Å². The summed E-state index contributed by atoms with van der Waals surface area (Å²) in [4.78, 5) is 40.3. The molecule has 2 heterocycles. The molecule has 2 N–H and O–H groups in total. The normalized spacial score (nSPS) is 18.4. The minimum atomic E-state index is -1.12. The van der Waals surface area contributed by atoms with Gasteiger partial charge in [0, 0.05) is 4.88 Å². The second kappa shape index (κ2) is 4.30. The molecule has 0 bridgehead atoms. The first kappa shape index (κ1) is 13.5. The Morgan fingerprint density at radius 1 is 1.47 bits per heavy atom. The zero-order valence-electron chi connectivity index (χ0n) is 10.7. The first-order valence-electron chi connectivity index (χ1n) is 5.56. The lowest BCUT2D eigenvalue weighted by atomic mass is 10.00. The molecule has 2 rings (SSSR count). The van der Waals surface area contributed by atoms with Crippen LogP contribution in [0.5, 0.6) is 0 Å².